The molecular formula is C12H21BrN2O. The smallest absolute Gasteiger partial charge is 0.220 e. The third kappa shape index (κ3) is 5.12. The lowest BCUT2D eigenvalue weighted by Crippen LogP contribution is -2.35. The predicted octanol–water partition coefficient (Wildman–Crippen LogP) is 2.04. The van der Waals surface area contributed by atoms with Crippen LogP contribution in [-0.2, 0) is 4.79 Å². The fraction of sp³-hybridized carbons (Fsp3) is 0.750. The first kappa shape index (κ1) is 13.7. The number of halogens is 1. The molecule has 2 N–H and O–H groups in total. The maximum Gasteiger partial charge on any atom is 0.220 e. The van der Waals surface area contributed by atoms with Gasteiger partial charge in [0, 0.05) is 17.4 Å². The van der Waals surface area contributed by atoms with Gasteiger partial charge >= 0.3 is 0 Å². The van der Waals surface area contributed by atoms with Gasteiger partial charge in [0.1, 0.15) is 0 Å². The van der Waals surface area contributed by atoms with E-state index in [-0.39, 0.29) is 5.91 Å². The van der Waals surface area contributed by atoms with Crippen molar-refractivity contribution >= 4 is 21.8 Å². The van der Waals surface area contributed by atoms with Crippen LogP contribution in [0, 0.1) is 11.8 Å². The Morgan fingerprint density at radius 2 is 2.44 bits per heavy atom. The molecule has 4 heteroatoms. The lowest BCUT2D eigenvalue weighted by Gasteiger charge is -2.28. The number of carbonyl (C=O) groups excluding carboxylic acids is 1. The van der Waals surface area contributed by atoms with E-state index in [9.17, 15) is 4.79 Å². The first-order valence-electron chi connectivity index (χ1n) is 5.90. The Labute approximate surface area is 106 Å². The fourth-order valence-corrected chi connectivity index (χ4v) is 2.23. The molecule has 1 heterocycles. The number of hydrogen-bond acceptors (Lipinski definition) is 2. The normalized spacial score (nSPS) is 22.5. The first-order chi connectivity index (χ1) is 7.59. The lowest BCUT2D eigenvalue weighted by atomic mass is 9.85. The van der Waals surface area contributed by atoms with Crippen molar-refractivity contribution in [2.75, 3.05) is 19.6 Å². The van der Waals surface area contributed by atoms with Gasteiger partial charge in [0.15, 0.2) is 0 Å². The van der Waals surface area contributed by atoms with Gasteiger partial charge in [-0.3, -0.25) is 4.79 Å². The minimum absolute atomic E-state index is 0.124. The summed E-state index contributed by atoms with van der Waals surface area (Å²) in [5.41, 5.74) is 0. The number of rotatable bonds is 5. The second-order valence-electron chi connectivity index (χ2n) is 4.58. The summed E-state index contributed by atoms with van der Waals surface area (Å²) in [7, 11) is 0. The fourth-order valence-electron chi connectivity index (χ4n) is 2.09. The van der Waals surface area contributed by atoms with Gasteiger partial charge in [-0.1, -0.05) is 29.4 Å². The van der Waals surface area contributed by atoms with E-state index in [2.05, 4.69) is 40.1 Å². The van der Waals surface area contributed by atoms with Crippen LogP contribution in [0.2, 0.25) is 0 Å². The lowest BCUT2D eigenvalue weighted by molar-refractivity contribution is -0.122. The summed E-state index contributed by atoms with van der Waals surface area (Å²) in [4.78, 5) is 11.6. The van der Waals surface area contributed by atoms with E-state index in [0.717, 1.165) is 17.6 Å². The van der Waals surface area contributed by atoms with Crippen LogP contribution in [0.4, 0.5) is 0 Å². The highest BCUT2D eigenvalue weighted by molar-refractivity contribution is 9.11. The van der Waals surface area contributed by atoms with Crippen molar-refractivity contribution in [3.63, 3.8) is 0 Å². The molecule has 0 aromatic heterocycles. The summed E-state index contributed by atoms with van der Waals surface area (Å²) in [6, 6.07) is 0. The van der Waals surface area contributed by atoms with E-state index >= 15 is 0 Å². The third-order valence-corrected chi connectivity index (χ3v) is 3.40. The average Bonchev–Trinajstić information content (AvgIpc) is 2.27. The minimum Gasteiger partial charge on any atom is -0.352 e. The van der Waals surface area contributed by atoms with Crippen molar-refractivity contribution in [3.05, 3.63) is 11.1 Å². The van der Waals surface area contributed by atoms with E-state index < -0.39 is 0 Å². The topological polar surface area (TPSA) is 41.1 Å². The van der Waals surface area contributed by atoms with Gasteiger partial charge in [-0.05, 0) is 37.8 Å². The molecule has 16 heavy (non-hydrogen) atoms. The van der Waals surface area contributed by atoms with E-state index in [1.165, 1.54) is 12.8 Å². The molecule has 0 aromatic carbocycles. The average molecular weight is 289 g/mol. The monoisotopic (exact) mass is 288 g/mol. The zero-order valence-electron chi connectivity index (χ0n) is 9.89. The Morgan fingerprint density at radius 1 is 1.69 bits per heavy atom. The maximum atomic E-state index is 11.6. The van der Waals surface area contributed by atoms with Crippen LogP contribution in [-0.4, -0.2) is 25.5 Å². The molecule has 0 bridgehead atoms. The molecule has 0 aromatic rings. The number of carbonyl (C=O) groups is 1. The molecule has 0 saturated carbocycles. The van der Waals surface area contributed by atoms with Gasteiger partial charge in [-0.25, -0.2) is 0 Å². The van der Waals surface area contributed by atoms with Crippen LogP contribution in [0.3, 0.4) is 0 Å². The van der Waals surface area contributed by atoms with Gasteiger partial charge in [0.25, 0.3) is 0 Å². The van der Waals surface area contributed by atoms with Crippen LogP contribution >= 0.6 is 15.9 Å². The van der Waals surface area contributed by atoms with Crippen molar-refractivity contribution in [1.82, 2.24) is 10.6 Å². The Balaban J connectivity index is 2.23. The summed E-state index contributed by atoms with van der Waals surface area (Å²) >= 11 is 3.23. The standard InChI is InChI=1S/C12H21BrN2O/c1-9(11-4-3-5-14-8-11)6-12(16)15-7-10(2)13/h9,11,14H,2-8H2,1H3,(H,15,16). The minimum atomic E-state index is 0.124. The highest BCUT2D eigenvalue weighted by Crippen LogP contribution is 2.22. The predicted molar refractivity (Wildman–Crippen MR) is 70.5 cm³/mol. The van der Waals surface area contributed by atoms with Crippen LogP contribution in [0.25, 0.3) is 0 Å². The van der Waals surface area contributed by atoms with Crippen LogP contribution in [0.15, 0.2) is 11.1 Å². The van der Waals surface area contributed by atoms with Crippen molar-refractivity contribution in [1.29, 1.82) is 0 Å². The molecule has 3 nitrogen and oxygen atoms in total. The number of hydrogen-bond donors (Lipinski definition) is 2. The van der Waals surface area contributed by atoms with E-state index in [4.69, 9.17) is 0 Å². The van der Waals surface area contributed by atoms with E-state index in [1.54, 1.807) is 0 Å². The van der Waals surface area contributed by atoms with Gasteiger partial charge < -0.3 is 10.6 Å². The second kappa shape index (κ2) is 7.07. The molecule has 1 aliphatic rings. The molecule has 0 spiro atoms. The summed E-state index contributed by atoms with van der Waals surface area (Å²) < 4.78 is 0.813. The summed E-state index contributed by atoms with van der Waals surface area (Å²) in [6.07, 6.45) is 3.09. The largest absolute Gasteiger partial charge is 0.352 e. The van der Waals surface area contributed by atoms with E-state index in [1.807, 2.05) is 0 Å². The number of nitrogens with one attached hydrogen (secondary N) is 2. The second-order valence-corrected chi connectivity index (χ2v) is 5.70. The molecule has 1 aliphatic heterocycles. The third-order valence-electron chi connectivity index (χ3n) is 3.12. The molecule has 2 atom stereocenters. The molecule has 0 radical (unpaired) electrons. The van der Waals surface area contributed by atoms with Crippen molar-refractivity contribution < 1.29 is 4.79 Å². The van der Waals surface area contributed by atoms with Gasteiger partial charge in [0.05, 0.1) is 0 Å². The SMILES string of the molecule is C=C(Br)CNC(=O)CC(C)C1CCCNC1. The molecule has 92 valence electrons. The van der Waals surface area contributed by atoms with Gasteiger partial charge in [0.2, 0.25) is 5.91 Å². The first-order valence-corrected chi connectivity index (χ1v) is 6.69. The van der Waals surface area contributed by atoms with Crippen molar-refractivity contribution in [2.45, 2.75) is 26.2 Å². The number of piperidine rings is 1. The maximum absolute atomic E-state index is 11.6. The summed E-state index contributed by atoms with van der Waals surface area (Å²) in [6.45, 7) is 8.56. The van der Waals surface area contributed by atoms with Gasteiger partial charge in [-0.2, -0.15) is 0 Å². The molecule has 1 rings (SSSR count). The van der Waals surface area contributed by atoms with Crippen LogP contribution in [0.5, 0.6) is 0 Å². The van der Waals surface area contributed by atoms with E-state index in [0.29, 0.717) is 24.8 Å². The number of amides is 1. The van der Waals surface area contributed by atoms with Crippen LogP contribution in [0.1, 0.15) is 26.2 Å². The zero-order valence-corrected chi connectivity index (χ0v) is 11.5. The van der Waals surface area contributed by atoms with Crippen molar-refractivity contribution in [2.24, 2.45) is 11.8 Å². The molecule has 0 aliphatic carbocycles. The van der Waals surface area contributed by atoms with Crippen LogP contribution < -0.4 is 10.6 Å². The molecule has 2 unspecified atom stereocenters. The molecule has 1 saturated heterocycles. The van der Waals surface area contributed by atoms with Gasteiger partial charge in [-0.15, -0.1) is 0 Å². The molecular weight excluding hydrogens is 268 g/mol. The zero-order chi connectivity index (χ0) is 12.0. The quantitative estimate of drug-likeness (QED) is 0.813. The Morgan fingerprint density at radius 3 is 3.00 bits per heavy atom. The Kier molecular flexibility index (Phi) is 6.06. The molecule has 1 amide bonds. The highest BCUT2D eigenvalue weighted by Gasteiger charge is 2.21. The summed E-state index contributed by atoms with van der Waals surface area (Å²) in [5, 5.41) is 6.23. The summed E-state index contributed by atoms with van der Waals surface area (Å²) in [5.74, 6) is 1.22. The highest BCUT2D eigenvalue weighted by atomic mass is 79.9. The Bertz CT molecular complexity index is 249. The molecule has 1 fully saturated rings. The van der Waals surface area contributed by atoms with Crippen molar-refractivity contribution in [3.8, 4) is 0 Å². The Hall–Kier alpha value is -0.350.